The van der Waals surface area contributed by atoms with Gasteiger partial charge in [-0.2, -0.15) is 4.98 Å². The average molecular weight is 440 g/mol. The summed E-state index contributed by atoms with van der Waals surface area (Å²) in [5.74, 6) is 2.74. The van der Waals surface area contributed by atoms with Crippen LogP contribution in [0.1, 0.15) is 37.8 Å². The number of nitrogens with one attached hydrogen (secondary N) is 2. The van der Waals surface area contributed by atoms with E-state index in [0.717, 1.165) is 29.3 Å². The molecule has 0 amide bonds. The Bertz CT molecular complexity index is 1060. The first-order valence-corrected chi connectivity index (χ1v) is 10.6. The first kappa shape index (κ1) is 21.2. The van der Waals surface area contributed by atoms with Crippen LogP contribution in [0.15, 0.2) is 58.0 Å². The van der Waals surface area contributed by atoms with E-state index in [-0.39, 0.29) is 11.6 Å². The summed E-state index contributed by atoms with van der Waals surface area (Å²) in [7, 11) is 1.76. The summed E-state index contributed by atoms with van der Waals surface area (Å²) < 4.78 is 11.5. The molecule has 1 aliphatic rings. The van der Waals surface area contributed by atoms with E-state index >= 15 is 0 Å². The van der Waals surface area contributed by atoms with Gasteiger partial charge in [0, 0.05) is 42.6 Å². The van der Waals surface area contributed by atoms with Gasteiger partial charge in [0.25, 0.3) is 0 Å². The molecule has 2 aromatic carbocycles. The number of rotatable bonds is 5. The third-order valence-corrected chi connectivity index (χ3v) is 5.36. The van der Waals surface area contributed by atoms with Crippen molar-refractivity contribution in [2.24, 2.45) is 4.99 Å². The van der Waals surface area contributed by atoms with Gasteiger partial charge in [-0.05, 0) is 44.2 Å². The van der Waals surface area contributed by atoms with Crippen LogP contribution in [0.2, 0.25) is 5.02 Å². The maximum Gasteiger partial charge on any atom is 0.228 e. The van der Waals surface area contributed by atoms with Gasteiger partial charge in [-0.25, -0.2) is 0 Å². The highest BCUT2D eigenvalue weighted by Crippen LogP contribution is 2.39. The zero-order valence-electron chi connectivity index (χ0n) is 17.9. The Labute approximate surface area is 186 Å². The van der Waals surface area contributed by atoms with Gasteiger partial charge in [-0.15, -0.1) is 0 Å². The number of nitrogens with zero attached hydrogens (tertiary/aromatic N) is 3. The molecule has 0 saturated heterocycles. The Hall–Kier alpha value is -3.06. The van der Waals surface area contributed by atoms with E-state index in [9.17, 15) is 0 Å². The first-order valence-electron chi connectivity index (χ1n) is 10.3. The van der Waals surface area contributed by atoms with Gasteiger partial charge >= 0.3 is 0 Å². The number of benzene rings is 2. The van der Waals surface area contributed by atoms with Crippen molar-refractivity contribution in [2.75, 3.05) is 13.6 Å². The van der Waals surface area contributed by atoms with E-state index < -0.39 is 0 Å². The van der Waals surface area contributed by atoms with Crippen molar-refractivity contribution in [3.63, 3.8) is 0 Å². The van der Waals surface area contributed by atoms with Crippen molar-refractivity contribution in [3.8, 4) is 17.1 Å². The molecule has 31 heavy (non-hydrogen) atoms. The Morgan fingerprint density at radius 1 is 1.19 bits per heavy atom. The van der Waals surface area contributed by atoms with E-state index in [1.54, 1.807) is 19.2 Å². The number of ether oxygens (including phenoxy) is 1. The molecule has 4 rings (SSSR count). The van der Waals surface area contributed by atoms with Gasteiger partial charge < -0.3 is 19.9 Å². The molecule has 7 nitrogen and oxygen atoms in total. The molecule has 1 atom stereocenters. The van der Waals surface area contributed by atoms with Gasteiger partial charge in [-0.3, -0.25) is 4.99 Å². The molecule has 0 aliphatic carbocycles. The van der Waals surface area contributed by atoms with E-state index in [2.05, 4.69) is 45.7 Å². The second-order valence-corrected chi connectivity index (χ2v) is 8.50. The molecule has 8 heteroatoms. The third kappa shape index (κ3) is 5.17. The van der Waals surface area contributed by atoms with E-state index in [1.165, 1.54) is 0 Å². The van der Waals surface area contributed by atoms with Crippen LogP contribution in [0, 0.1) is 0 Å². The maximum absolute atomic E-state index is 6.11. The van der Waals surface area contributed by atoms with Crippen LogP contribution >= 0.6 is 11.6 Å². The number of hydrogen-bond acceptors (Lipinski definition) is 5. The van der Waals surface area contributed by atoms with Crippen LogP contribution in [0.3, 0.4) is 0 Å². The fourth-order valence-corrected chi connectivity index (χ4v) is 3.78. The van der Waals surface area contributed by atoms with Crippen LogP contribution in [0.4, 0.5) is 0 Å². The first-order chi connectivity index (χ1) is 14.9. The zero-order valence-corrected chi connectivity index (χ0v) is 18.6. The normalized spacial score (nSPS) is 17.5. The number of aliphatic imine (C=N–C) groups is 1. The predicted octanol–water partition coefficient (Wildman–Crippen LogP) is 4.40. The molecule has 1 unspecified atom stereocenters. The van der Waals surface area contributed by atoms with Crippen molar-refractivity contribution in [1.82, 2.24) is 20.8 Å². The molecular weight excluding hydrogens is 414 g/mol. The fourth-order valence-electron chi connectivity index (χ4n) is 3.65. The SMILES string of the molecule is CN=C(NCCc1nc(-c2ccc(Cl)cc2)no1)NC1CC(C)(C)Oc2ccccc21. The summed E-state index contributed by atoms with van der Waals surface area (Å²) in [4.78, 5) is 8.83. The maximum atomic E-state index is 6.11. The minimum atomic E-state index is -0.257. The predicted molar refractivity (Wildman–Crippen MR) is 121 cm³/mol. The molecule has 162 valence electrons. The second-order valence-electron chi connectivity index (χ2n) is 8.07. The number of aromatic nitrogens is 2. The summed E-state index contributed by atoms with van der Waals surface area (Å²) >= 11 is 5.93. The molecule has 0 radical (unpaired) electrons. The van der Waals surface area contributed by atoms with Crippen molar-refractivity contribution in [3.05, 3.63) is 65.0 Å². The lowest BCUT2D eigenvalue weighted by molar-refractivity contribution is 0.0694. The second kappa shape index (κ2) is 8.98. The van der Waals surface area contributed by atoms with Gasteiger partial charge in [0.05, 0.1) is 6.04 Å². The molecule has 1 aromatic heterocycles. The highest BCUT2D eigenvalue weighted by atomic mass is 35.5. The summed E-state index contributed by atoms with van der Waals surface area (Å²) in [5.41, 5.74) is 1.74. The van der Waals surface area contributed by atoms with Crippen molar-refractivity contribution < 1.29 is 9.26 Å². The minimum absolute atomic E-state index is 0.103. The van der Waals surface area contributed by atoms with Crippen molar-refractivity contribution in [2.45, 2.75) is 38.3 Å². The smallest absolute Gasteiger partial charge is 0.228 e. The summed E-state index contributed by atoms with van der Waals surface area (Å²) in [5, 5.41) is 11.6. The average Bonchev–Trinajstić information content (AvgIpc) is 3.21. The van der Waals surface area contributed by atoms with E-state index in [0.29, 0.717) is 29.7 Å². The largest absolute Gasteiger partial charge is 0.487 e. The topological polar surface area (TPSA) is 84.6 Å². The van der Waals surface area contributed by atoms with Crippen molar-refractivity contribution in [1.29, 1.82) is 0 Å². The van der Waals surface area contributed by atoms with Gasteiger partial charge in [-0.1, -0.05) is 35.0 Å². The molecule has 3 aromatic rings. The van der Waals surface area contributed by atoms with Crippen LogP contribution in [-0.4, -0.2) is 35.3 Å². The monoisotopic (exact) mass is 439 g/mol. The number of para-hydroxylation sites is 1. The van der Waals surface area contributed by atoms with Crippen LogP contribution in [0.25, 0.3) is 11.4 Å². The van der Waals surface area contributed by atoms with Gasteiger partial charge in [0.2, 0.25) is 11.7 Å². The molecule has 0 fully saturated rings. The van der Waals surface area contributed by atoms with Gasteiger partial charge in [0.1, 0.15) is 11.4 Å². The summed E-state index contributed by atoms with van der Waals surface area (Å²) in [6.45, 7) is 4.81. The molecule has 1 aliphatic heterocycles. The fraction of sp³-hybridized carbons (Fsp3) is 0.348. The highest BCUT2D eigenvalue weighted by Gasteiger charge is 2.33. The quantitative estimate of drug-likeness (QED) is 0.452. The number of hydrogen-bond donors (Lipinski definition) is 2. The molecule has 0 saturated carbocycles. The zero-order chi connectivity index (χ0) is 21.8. The lowest BCUT2D eigenvalue weighted by Gasteiger charge is -2.38. The summed E-state index contributed by atoms with van der Waals surface area (Å²) in [6, 6.07) is 15.6. The summed E-state index contributed by atoms with van der Waals surface area (Å²) in [6.07, 6.45) is 1.41. The lowest BCUT2D eigenvalue weighted by Crippen LogP contribution is -2.45. The van der Waals surface area contributed by atoms with Crippen LogP contribution < -0.4 is 15.4 Å². The van der Waals surface area contributed by atoms with E-state index in [1.807, 2.05) is 30.3 Å². The molecule has 2 heterocycles. The Kier molecular flexibility index (Phi) is 6.13. The molecule has 0 spiro atoms. The highest BCUT2D eigenvalue weighted by molar-refractivity contribution is 6.30. The Morgan fingerprint density at radius 3 is 2.74 bits per heavy atom. The lowest BCUT2D eigenvalue weighted by atomic mass is 9.90. The van der Waals surface area contributed by atoms with E-state index in [4.69, 9.17) is 20.9 Å². The number of halogens is 1. The van der Waals surface area contributed by atoms with Crippen molar-refractivity contribution >= 4 is 17.6 Å². The third-order valence-electron chi connectivity index (χ3n) is 5.11. The minimum Gasteiger partial charge on any atom is -0.487 e. The molecule has 0 bridgehead atoms. The number of guanidine groups is 1. The standard InChI is InChI=1S/C23H26ClN5O2/c1-23(2)14-18(17-6-4-5-7-19(17)30-23)27-22(25-3)26-13-12-20-28-21(29-31-20)15-8-10-16(24)11-9-15/h4-11,18H,12-14H2,1-3H3,(H2,25,26,27). The van der Waals surface area contributed by atoms with Crippen LogP contribution in [-0.2, 0) is 6.42 Å². The molecular formula is C23H26ClN5O2. The Morgan fingerprint density at radius 2 is 1.97 bits per heavy atom. The molecule has 2 N–H and O–H groups in total. The Balaban J connectivity index is 1.35. The van der Waals surface area contributed by atoms with Gasteiger partial charge in [0.15, 0.2) is 5.96 Å². The number of fused-ring (bicyclic) bond motifs is 1. The van der Waals surface area contributed by atoms with Crippen LogP contribution in [0.5, 0.6) is 5.75 Å².